The van der Waals surface area contributed by atoms with Gasteiger partial charge in [-0.15, -0.1) is 0 Å². The number of aromatic nitrogens is 2. The van der Waals surface area contributed by atoms with Gasteiger partial charge in [-0.1, -0.05) is 36.4 Å². The second kappa shape index (κ2) is 6.29. The number of nitrogens with one attached hydrogen (secondary N) is 2. The second-order valence-corrected chi connectivity index (χ2v) is 6.63. The molecule has 2 N–H and O–H groups in total. The third kappa shape index (κ3) is 2.67. The average Bonchev–Trinajstić information content (AvgIpc) is 3.39. The first-order valence-electron chi connectivity index (χ1n) is 8.72. The van der Waals surface area contributed by atoms with E-state index in [1.165, 1.54) is 24.0 Å². The number of aromatic amines is 1. The van der Waals surface area contributed by atoms with Crippen LogP contribution in [0.15, 0.2) is 53.3 Å². The van der Waals surface area contributed by atoms with E-state index < -0.39 is 0 Å². The van der Waals surface area contributed by atoms with Crippen molar-refractivity contribution in [2.75, 3.05) is 13.6 Å². The number of fused-ring (bicyclic) bond motifs is 1. The predicted molar refractivity (Wildman–Crippen MR) is 97.7 cm³/mol. The fourth-order valence-electron chi connectivity index (χ4n) is 3.67. The summed E-state index contributed by atoms with van der Waals surface area (Å²) in [6.07, 6.45) is 3.42. The summed E-state index contributed by atoms with van der Waals surface area (Å²) in [5.74, 6) is 0.666. The van der Waals surface area contributed by atoms with Crippen molar-refractivity contribution >= 4 is 11.0 Å². The number of nitrogens with zero attached hydrogens (tertiary/aromatic N) is 1. The third-order valence-corrected chi connectivity index (χ3v) is 4.98. The molecule has 1 atom stereocenters. The lowest BCUT2D eigenvalue weighted by atomic mass is 9.94. The first-order valence-corrected chi connectivity index (χ1v) is 8.72. The fourth-order valence-corrected chi connectivity index (χ4v) is 3.67. The van der Waals surface area contributed by atoms with E-state index in [2.05, 4.69) is 34.6 Å². The van der Waals surface area contributed by atoms with Crippen LogP contribution in [0.25, 0.3) is 11.0 Å². The largest absolute Gasteiger partial charge is 0.327 e. The van der Waals surface area contributed by atoms with Crippen molar-refractivity contribution in [1.82, 2.24) is 14.9 Å². The summed E-state index contributed by atoms with van der Waals surface area (Å²) in [6.45, 7) is 0.871. The molecule has 0 bridgehead atoms. The zero-order chi connectivity index (χ0) is 16.5. The highest BCUT2D eigenvalue weighted by atomic mass is 16.1. The number of H-pyrrole nitrogens is 1. The molecule has 1 heterocycles. The first kappa shape index (κ1) is 15.2. The van der Waals surface area contributed by atoms with E-state index in [-0.39, 0.29) is 11.7 Å². The van der Waals surface area contributed by atoms with Crippen LogP contribution in [-0.4, -0.2) is 23.1 Å². The maximum atomic E-state index is 12.7. The van der Waals surface area contributed by atoms with Gasteiger partial charge in [0.25, 0.3) is 0 Å². The van der Waals surface area contributed by atoms with E-state index in [0.717, 1.165) is 24.0 Å². The summed E-state index contributed by atoms with van der Waals surface area (Å²) < 4.78 is 1.94. The van der Waals surface area contributed by atoms with E-state index in [4.69, 9.17) is 0 Å². The lowest BCUT2D eigenvalue weighted by Crippen LogP contribution is -2.26. The number of para-hydroxylation sites is 2. The highest BCUT2D eigenvalue weighted by Crippen LogP contribution is 2.44. The molecule has 24 heavy (non-hydrogen) atoms. The molecule has 1 fully saturated rings. The topological polar surface area (TPSA) is 49.8 Å². The minimum atomic E-state index is -0.0251. The zero-order valence-corrected chi connectivity index (χ0v) is 14.0. The van der Waals surface area contributed by atoms with Crippen LogP contribution in [-0.2, 0) is 0 Å². The Labute approximate surface area is 141 Å². The highest BCUT2D eigenvalue weighted by molar-refractivity contribution is 5.75. The van der Waals surface area contributed by atoms with Gasteiger partial charge in [0.15, 0.2) is 0 Å². The molecule has 4 nitrogen and oxygen atoms in total. The number of hydrogen-bond donors (Lipinski definition) is 2. The molecule has 2 aromatic carbocycles. The van der Waals surface area contributed by atoms with Crippen LogP contribution < -0.4 is 11.0 Å². The van der Waals surface area contributed by atoms with E-state index in [9.17, 15) is 4.79 Å². The predicted octanol–water partition coefficient (Wildman–Crippen LogP) is 3.41. The zero-order valence-electron chi connectivity index (χ0n) is 14.0. The minimum Gasteiger partial charge on any atom is -0.320 e. The quantitative estimate of drug-likeness (QED) is 0.731. The molecular formula is C20H23N3O. The lowest BCUT2D eigenvalue weighted by molar-refractivity contribution is 0.521. The van der Waals surface area contributed by atoms with Crippen LogP contribution in [0.4, 0.5) is 0 Å². The Kier molecular flexibility index (Phi) is 3.98. The van der Waals surface area contributed by atoms with Gasteiger partial charge in [0.05, 0.1) is 17.1 Å². The van der Waals surface area contributed by atoms with Gasteiger partial charge in [-0.2, -0.15) is 0 Å². The van der Waals surface area contributed by atoms with Gasteiger partial charge in [-0.05, 0) is 62.0 Å². The molecule has 1 aromatic heterocycles. The van der Waals surface area contributed by atoms with Gasteiger partial charge in [-0.3, -0.25) is 4.57 Å². The summed E-state index contributed by atoms with van der Waals surface area (Å²) in [6, 6.07) is 16.6. The van der Waals surface area contributed by atoms with Crippen molar-refractivity contribution in [1.29, 1.82) is 0 Å². The van der Waals surface area contributed by atoms with E-state index in [1.807, 2.05) is 35.9 Å². The molecule has 124 valence electrons. The fraction of sp³-hybridized carbons (Fsp3) is 0.350. The molecule has 0 spiro atoms. The number of imidazole rings is 1. The van der Waals surface area contributed by atoms with E-state index in [1.54, 1.807) is 0 Å². The number of hydrogen-bond acceptors (Lipinski definition) is 2. The summed E-state index contributed by atoms with van der Waals surface area (Å²) >= 11 is 0. The van der Waals surface area contributed by atoms with E-state index >= 15 is 0 Å². The molecule has 1 aliphatic rings. The maximum Gasteiger partial charge on any atom is 0.327 e. The molecule has 3 aromatic rings. The Hall–Kier alpha value is -2.33. The molecule has 1 saturated carbocycles. The third-order valence-electron chi connectivity index (χ3n) is 4.98. The molecule has 1 aliphatic carbocycles. The summed E-state index contributed by atoms with van der Waals surface area (Å²) in [7, 11) is 1.96. The SMILES string of the molecule is CNCC[C@@H](c1ccccc1C1CC1)n1c(=O)[nH]c2ccccc21. The number of rotatable bonds is 6. The van der Waals surface area contributed by atoms with Crippen LogP contribution in [0.3, 0.4) is 0 Å². The van der Waals surface area contributed by atoms with Gasteiger partial charge < -0.3 is 10.3 Å². The van der Waals surface area contributed by atoms with Gasteiger partial charge in [-0.25, -0.2) is 4.79 Å². The maximum absolute atomic E-state index is 12.7. The van der Waals surface area contributed by atoms with Crippen LogP contribution in [0.2, 0.25) is 0 Å². The molecular weight excluding hydrogens is 298 g/mol. The normalized spacial score (nSPS) is 15.7. The van der Waals surface area contributed by atoms with Gasteiger partial charge >= 0.3 is 5.69 Å². The standard InChI is InChI=1S/C20H23N3O/c1-21-13-12-18(16-7-3-2-6-15(16)14-10-11-14)23-19-9-5-4-8-17(19)22-20(23)24/h2-9,14,18,21H,10-13H2,1H3,(H,22,24)/t18-/m0/s1. The van der Waals surface area contributed by atoms with Crippen molar-refractivity contribution in [3.05, 3.63) is 70.1 Å². The van der Waals surface area contributed by atoms with Crippen LogP contribution in [0, 0.1) is 0 Å². The summed E-state index contributed by atoms with van der Waals surface area (Å²) in [5, 5.41) is 3.24. The molecule has 0 unspecified atom stereocenters. The smallest absolute Gasteiger partial charge is 0.320 e. The Morgan fingerprint density at radius 2 is 1.92 bits per heavy atom. The summed E-state index contributed by atoms with van der Waals surface area (Å²) in [5.41, 5.74) is 4.57. The molecule has 0 saturated heterocycles. The van der Waals surface area contributed by atoms with Crippen LogP contribution >= 0.6 is 0 Å². The average molecular weight is 321 g/mol. The van der Waals surface area contributed by atoms with Crippen molar-refractivity contribution < 1.29 is 0 Å². The molecule has 0 radical (unpaired) electrons. The van der Waals surface area contributed by atoms with Crippen LogP contribution in [0.5, 0.6) is 0 Å². The molecule has 0 amide bonds. The Bertz CT molecular complexity index is 904. The Morgan fingerprint density at radius 1 is 1.17 bits per heavy atom. The molecule has 4 heteroatoms. The minimum absolute atomic E-state index is 0.0251. The van der Waals surface area contributed by atoms with Gasteiger partial charge in [0.1, 0.15) is 0 Å². The number of benzene rings is 2. The monoisotopic (exact) mass is 321 g/mol. The van der Waals surface area contributed by atoms with Crippen molar-refractivity contribution in [3.63, 3.8) is 0 Å². The Morgan fingerprint density at radius 3 is 2.71 bits per heavy atom. The highest BCUT2D eigenvalue weighted by Gasteiger charge is 2.29. The van der Waals surface area contributed by atoms with Crippen LogP contribution in [0.1, 0.15) is 42.3 Å². The van der Waals surface area contributed by atoms with E-state index in [0.29, 0.717) is 5.92 Å². The van der Waals surface area contributed by atoms with Crippen molar-refractivity contribution in [2.24, 2.45) is 0 Å². The summed E-state index contributed by atoms with van der Waals surface area (Å²) in [4.78, 5) is 15.7. The lowest BCUT2D eigenvalue weighted by Gasteiger charge is -2.22. The second-order valence-electron chi connectivity index (χ2n) is 6.63. The molecule has 4 rings (SSSR count). The first-order chi connectivity index (χ1) is 11.8. The Balaban J connectivity index is 1.88. The van der Waals surface area contributed by atoms with Crippen molar-refractivity contribution in [3.8, 4) is 0 Å². The van der Waals surface area contributed by atoms with Gasteiger partial charge in [0, 0.05) is 0 Å². The molecule has 0 aliphatic heterocycles. The van der Waals surface area contributed by atoms with Gasteiger partial charge in [0.2, 0.25) is 0 Å². The van der Waals surface area contributed by atoms with Crippen molar-refractivity contribution in [2.45, 2.75) is 31.2 Å².